The molecule has 0 fully saturated rings. The predicted molar refractivity (Wildman–Crippen MR) is 75.3 cm³/mol. The lowest BCUT2D eigenvalue weighted by atomic mass is 10.2. The van der Waals surface area contributed by atoms with Gasteiger partial charge in [-0.25, -0.2) is 4.68 Å². The molecule has 21 heavy (non-hydrogen) atoms. The Kier molecular flexibility index (Phi) is 3.34. The maximum absolute atomic E-state index is 9.16. The Balaban J connectivity index is 2.18. The summed E-state index contributed by atoms with van der Waals surface area (Å²) in [5, 5.41) is 17.5. The summed E-state index contributed by atoms with van der Waals surface area (Å²) in [6, 6.07) is 10.6. The second-order valence-corrected chi connectivity index (χ2v) is 4.51. The molecule has 2 heterocycles. The Hall–Kier alpha value is -2.78. The fraction of sp³-hybridized carbons (Fsp3) is 0.0714. The van der Waals surface area contributed by atoms with E-state index in [1.807, 2.05) is 6.07 Å². The third-order valence-electron chi connectivity index (χ3n) is 2.91. The average molecular weight is 301 g/mol. The zero-order valence-electron chi connectivity index (χ0n) is 10.9. The molecule has 3 rings (SSSR count). The van der Waals surface area contributed by atoms with Crippen molar-refractivity contribution in [2.75, 3.05) is 7.11 Å². The number of hydrogen-bond donors (Lipinski definition) is 0. The van der Waals surface area contributed by atoms with Crippen LogP contribution >= 0.6 is 11.6 Å². The molecule has 0 saturated carbocycles. The molecule has 2 aromatic heterocycles. The van der Waals surface area contributed by atoms with Crippen molar-refractivity contribution in [1.29, 1.82) is 5.26 Å². The first-order valence-electron chi connectivity index (χ1n) is 5.98. The van der Waals surface area contributed by atoms with Gasteiger partial charge in [0, 0.05) is 0 Å². The highest BCUT2D eigenvalue weighted by Crippen LogP contribution is 2.30. The van der Waals surface area contributed by atoms with E-state index in [0.717, 1.165) is 0 Å². The second kappa shape index (κ2) is 5.31. The summed E-state index contributed by atoms with van der Waals surface area (Å²) in [4.78, 5) is 0. The summed E-state index contributed by atoms with van der Waals surface area (Å²) in [7, 11) is 1.54. The fourth-order valence-corrected chi connectivity index (χ4v) is 2.21. The molecule has 104 valence electrons. The molecule has 0 radical (unpaired) electrons. The van der Waals surface area contributed by atoms with Gasteiger partial charge in [-0.15, -0.1) is 5.10 Å². The summed E-state index contributed by atoms with van der Waals surface area (Å²) < 4.78 is 12.0. The summed E-state index contributed by atoms with van der Waals surface area (Å²) >= 11 is 6.12. The Morgan fingerprint density at radius 3 is 2.86 bits per heavy atom. The number of benzene rings is 1. The molecule has 1 aromatic carbocycles. The second-order valence-electron chi connectivity index (χ2n) is 4.11. The van der Waals surface area contributed by atoms with E-state index < -0.39 is 0 Å². The van der Waals surface area contributed by atoms with Gasteiger partial charge < -0.3 is 9.15 Å². The van der Waals surface area contributed by atoms with Gasteiger partial charge in [-0.05, 0) is 30.3 Å². The summed E-state index contributed by atoms with van der Waals surface area (Å²) in [6.45, 7) is 0. The summed E-state index contributed by atoms with van der Waals surface area (Å²) in [5.41, 5.74) is 1.31. The molecule has 0 spiro atoms. The minimum Gasteiger partial charge on any atom is -0.495 e. The van der Waals surface area contributed by atoms with Crippen molar-refractivity contribution in [2.24, 2.45) is 0 Å². The molecule has 0 amide bonds. The number of rotatable bonds is 3. The van der Waals surface area contributed by atoms with Gasteiger partial charge in [-0.3, -0.25) is 0 Å². The standard InChI is InChI=1S/C14H9ClN4O2/c1-20-12-5-4-9(7-10(12)15)19-14(11(8-16)17-18-19)13-3-2-6-21-13/h2-7H,1H3. The maximum Gasteiger partial charge on any atom is 0.194 e. The van der Waals surface area contributed by atoms with Crippen LogP contribution in [0.3, 0.4) is 0 Å². The van der Waals surface area contributed by atoms with Crippen molar-refractivity contribution in [3.63, 3.8) is 0 Å². The van der Waals surface area contributed by atoms with Crippen molar-refractivity contribution in [1.82, 2.24) is 15.0 Å². The SMILES string of the molecule is COc1ccc(-n2nnc(C#N)c2-c2ccco2)cc1Cl. The molecule has 0 aliphatic carbocycles. The highest BCUT2D eigenvalue weighted by molar-refractivity contribution is 6.32. The molecule has 3 aromatic rings. The van der Waals surface area contributed by atoms with Crippen LogP contribution in [0.15, 0.2) is 41.0 Å². The maximum atomic E-state index is 9.16. The molecule has 0 N–H and O–H groups in total. The van der Waals surface area contributed by atoms with E-state index in [2.05, 4.69) is 10.3 Å². The largest absolute Gasteiger partial charge is 0.495 e. The molecule has 7 heteroatoms. The number of nitrogens with zero attached hydrogens (tertiary/aromatic N) is 4. The van der Waals surface area contributed by atoms with Crippen LogP contribution in [-0.2, 0) is 0 Å². The lowest BCUT2D eigenvalue weighted by molar-refractivity contribution is 0.415. The van der Waals surface area contributed by atoms with Gasteiger partial charge in [0.2, 0.25) is 0 Å². The lowest BCUT2D eigenvalue weighted by Crippen LogP contribution is -1.99. The van der Waals surface area contributed by atoms with Crippen LogP contribution in [-0.4, -0.2) is 22.1 Å². The summed E-state index contributed by atoms with van der Waals surface area (Å²) in [6.07, 6.45) is 1.52. The van der Waals surface area contributed by atoms with E-state index in [9.17, 15) is 0 Å². The van der Waals surface area contributed by atoms with Crippen LogP contribution < -0.4 is 4.74 Å². The zero-order valence-corrected chi connectivity index (χ0v) is 11.7. The van der Waals surface area contributed by atoms with Crippen molar-refractivity contribution in [2.45, 2.75) is 0 Å². The lowest BCUT2D eigenvalue weighted by Gasteiger charge is -2.07. The molecule has 6 nitrogen and oxygen atoms in total. The molecule has 0 aliphatic heterocycles. The van der Waals surface area contributed by atoms with Crippen LogP contribution in [0.4, 0.5) is 0 Å². The fourth-order valence-electron chi connectivity index (χ4n) is 1.96. The van der Waals surface area contributed by atoms with Gasteiger partial charge in [0.05, 0.1) is 24.1 Å². The van der Waals surface area contributed by atoms with Crippen LogP contribution in [0.2, 0.25) is 5.02 Å². The first kappa shape index (κ1) is 13.2. The third-order valence-corrected chi connectivity index (χ3v) is 3.21. The minimum atomic E-state index is 0.178. The van der Waals surface area contributed by atoms with E-state index in [4.69, 9.17) is 26.0 Å². The third kappa shape index (κ3) is 2.24. The average Bonchev–Trinajstić information content (AvgIpc) is 3.15. The normalized spacial score (nSPS) is 10.3. The number of nitriles is 1. The molecule has 0 atom stereocenters. The topological polar surface area (TPSA) is 76.9 Å². The van der Waals surface area contributed by atoms with Crippen molar-refractivity contribution in [3.8, 4) is 29.0 Å². The Bertz CT molecular complexity index is 818. The Morgan fingerprint density at radius 2 is 2.24 bits per heavy atom. The number of furan rings is 1. The molecule has 0 unspecified atom stereocenters. The highest BCUT2D eigenvalue weighted by atomic mass is 35.5. The summed E-state index contributed by atoms with van der Waals surface area (Å²) in [5.74, 6) is 1.06. The van der Waals surface area contributed by atoms with Crippen LogP contribution in [0.5, 0.6) is 5.75 Å². The van der Waals surface area contributed by atoms with Gasteiger partial charge in [-0.1, -0.05) is 16.8 Å². The van der Waals surface area contributed by atoms with Crippen molar-refractivity contribution in [3.05, 3.63) is 47.3 Å². The molecular weight excluding hydrogens is 292 g/mol. The van der Waals surface area contributed by atoms with Crippen LogP contribution in [0.1, 0.15) is 5.69 Å². The van der Waals surface area contributed by atoms with Gasteiger partial charge in [0.1, 0.15) is 17.5 Å². The van der Waals surface area contributed by atoms with Crippen molar-refractivity contribution < 1.29 is 9.15 Å². The first-order valence-corrected chi connectivity index (χ1v) is 6.36. The Labute approximate surface area is 125 Å². The zero-order chi connectivity index (χ0) is 14.8. The molecular formula is C14H9ClN4O2. The quantitative estimate of drug-likeness (QED) is 0.743. The Morgan fingerprint density at radius 1 is 1.38 bits per heavy atom. The van der Waals surface area contributed by atoms with Gasteiger partial charge in [0.25, 0.3) is 0 Å². The number of ether oxygens (including phenoxy) is 1. The van der Waals surface area contributed by atoms with E-state index in [1.165, 1.54) is 10.9 Å². The predicted octanol–water partition coefficient (Wildman–Crippen LogP) is 3.06. The van der Waals surface area contributed by atoms with Crippen LogP contribution in [0.25, 0.3) is 17.1 Å². The smallest absolute Gasteiger partial charge is 0.194 e. The molecule has 0 saturated heterocycles. The molecule has 0 bridgehead atoms. The van der Waals surface area contributed by atoms with E-state index in [-0.39, 0.29) is 5.69 Å². The van der Waals surface area contributed by atoms with E-state index >= 15 is 0 Å². The van der Waals surface area contributed by atoms with Gasteiger partial charge >= 0.3 is 0 Å². The van der Waals surface area contributed by atoms with E-state index in [0.29, 0.717) is 27.9 Å². The van der Waals surface area contributed by atoms with Crippen LogP contribution in [0, 0.1) is 11.3 Å². The van der Waals surface area contributed by atoms with Gasteiger partial charge in [-0.2, -0.15) is 5.26 Å². The first-order chi connectivity index (χ1) is 10.2. The monoisotopic (exact) mass is 300 g/mol. The number of aromatic nitrogens is 3. The van der Waals surface area contributed by atoms with Crippen molar-refractivity contribution >= 4 is 11.6 Å². The van der Waals surface area contributed by atoms with Gasteiger partial charge in [0.15, 0.2) is 11.5 Å². The number of halogens is 1. The highest BCUT2D eigenvalue weighted by Gasteiger charge is 2.19. The van der Waals surface area contributed by atoms with E-state index in [1.54, 1.807) is 37.4 Å². The molecule has 0 aliphatic rings. The minimum absolute atomic E-state index is 0.178. The number of hydrogen-bond acceptors (Lipinski definition) is 5. The number of methoxy groups -OCH3 is 1.